The molecule has 2 aromatic heterocycles. The average molecular weight is 378 g/mol. The summed E-state index contributed by atoms with van der Waals surface area (Å²) < 4.78 is 1.61. The minimum atomic E-state index is -0.261. The molecule has 2 aliphatic carbocycles. The van der Waals surface area contributed by atoms with Crippen LogP contribution >= 0.6 is 23.1 Å². The molecule has 134 valence electrons. The maximum atomic E-state index is 12.8. The molecule has 2 aliphatic rings. The predicted octanol–water partition coefficient (Wildman–Crippen LogP) is 3.02. The van der Waals surface area contributed by atoms with Crippen LogP contribution < -0.4 is 10.9 Å². The van der Waals surface area contributed by atoms with E-state index in [4.69, 9.17) is 4.98 Å². The number of amides is 1. The molecule has 0 spiro atoms. The third-order valence-electron chi connectivity index (χ3n) is 5.26. The van der Waals surface area contributed by atoms with Crippen molar-refractivity contribution >= 4 is 39.2 Å². The van der Waals surface area contributed by atoms with Crippen molar-refractivity contribution < 1.29 is 4.79 Å². The summed E-state index contributed by atoms with van der Waals surface area (Å²) in [5, 5.41) is 4.30. The van der Waals surface area contributed by atoms with Crippen molar-refractivity contribution in [3.05, 3.63) is 20.8 Å². The molecule has 1 fully saturated rings. The van der Waals surface area contributed by atoms with Gasteiger partial charge in [0.1, 0.15) is 4.83 Å². The van der Waals surface area contributed by atoms with Crippen LogP contribution in [0, 0.1) is 0 Å². The molecule has 1 saturated carbocycles. The van der Waals surface area contributed by atoms with Crippen molar-refractivity contribution in [1.29, 1.82) is 0 Å². The molecule has 2 aromatic rings. The van der Waals surface area contributed by atoms with Crippen LogP contribution in [0.3, 0.4) is 0 Å². The Morgan fingerprint density at radius 2 is 2.08 bits per heavy atom. The minimum Gasteiger partial charge on any atom is -0.352 e. The molecule has 25 heavy (non-hydrogen) atoms. The fourth-order valence-electron chi connectivity index (χ4n) is 3.81. The number of thioether (sulfide) groups is 1. The second-order valence-electron chi connectivity index (χ2n) is 7.05. The van der Waals surface area contributed by atoms with Crippen LogP contribution in [0.4, 0.5) is 0 Å². The average Bonchev–Trinajstić information content (AvgIpc) is 3.29. The summed E-state index contributed by atoms with van der Waals surface area (Å²) in [5.41, 5.74) is 1.23. The Morgan fingerprint density at radius 3 is 2.84 bits per heavy atom. The zero-order valence-electron chi connectivity index (χ0n) is 14.6. The first kappa shape index (κ1) is 17.1. The number of nitrogens with zero attached hydrogens (tertiary/aromatic N) is 2. The number of nitrogens with one attached hydrogen (secondary N) is 1. The normalized spacial score (nSPS) is 18.6. The van der Waals surface area contributed by atoms with E-state index in [1.807, 2.05) is 6.92 Å². The maximum Gasteiger partial charge on any atom is 0.262 e. The number of hydrogen-bond acceptors (Lipinski definition) is 5. The molecular weight excluding hydrogens is 354 g/mol. The zero-order valence-corrected chi connectivity index (χ0v) is 16.3. The molecule has 0 aromatic carbocycles. The van der Waals surface area contributed by atoms with Gasteiger partial charge in [0.05, 0.1) is 10.6 Å². The lowest BCUT2D eigenvalue weighted by molar-refractivity contribution is -0.120. The Morgan fingerprint density at radius 1 is 1.32 bits per heavy atom. The van der Waals surface area contributed by atoms with Crippen molar-refractivity contribution in [3.63, 3.8) is 0 Å². The van der Waals surface area contributed by atoms with Crippen LogP contribution in [0.25, 0.3) is 10.2 Å². The summed E-state index contributed by atoms with van der Waals surface area (Å²) in [6, 6.07) is 0.315. The lowest BCUT2D eigenvalue weighted by Crippen LogP contribution is -2.38. The topological polar surface area (TPSA) is 64.0 Å². The Hall–Kier alpha value is -1.34. The predicted molar refractivity (Wildman–Crippen MR) is 103 cm³/mol. The van der Waals surface area contributed by atoms with E-state index in [0.29, 0.717) is 11.2 Å². The van der Waals surface area contributed by atoms with Crippen molar-refractivity contribution in [2.24, 2.45) is 7.05 Å². The lowest BCUT2D eigenvalue weighted by atomic mass is 10.2. The largest absolute Gasteiger partial charge is 0.352 e. The van der Waals surface area contributed by atoms with Gasteiger partial charge in [0, 0.05) is 18.0 Å². The zero-order chi connectivity index (χ0) is 17.6. The molecule has 1 amide bonds. The molecule has 0 unspecified atom stereocenters. The third-order valence-corrected chi connectivity index (χ3v) is 7.59. The van der Waals surface area contributed by atoms with E-state index in [1.54, 1.807) is 23.0 Å². The molecule has 0 aliphatic heterocycles. The number of carbonyl (C=O) groups excluding carboxylic acids is 1. The van der Waals surface area contributed by atoms with Crippen molar-refractivity contribution in [2.75, 3.05) is 0 Å². The van der Waals surface area contributed by atoms with E-state index < -0.39 is 0 Å². The van der Waals surface area contributed by atoms with Crippen LogP contribution in [0.5, 0.6) is 0 Å². The SMILES string of the molecule is C[C@@H](Sc1nc2sc3c(c2c(=O)n1C)CCC3)C(=O)NC1CCCC1. The molecule has 5 nitrogen and oxygen atoms in total. The van der Waals surface area contributed by atoms with Crippen LogP contribution in [0.2, 0.25) is 0 Å². The van der Waals surface area contributed by atoms with Gasteiger partial charge in [-0.2, -0.15) is 0 Å². The van der Waals surface area contributed by atoms with E-state index in [0.717, 1.165) is 42.3 Å². The highest BCUT2D eigenvalue weighted by Crippen LogP contribution is 2.35. The Kier molecular flexibility index (Phi) is 4.62. The van der Waals surface area contributed by atoms with Crippen LogP contribution in [0.1, 0.15) is 49.5 Å². The first-order chi connectivity index (χ1) is 12.0. The number of aromatic nitrogens is 2. The number of thiophene rings is 1. The van der Waals surface area contributed by atoms with E-state index in [9.17, 15) is 9.59 Å². The fraction of sp³-hybridized carbons (Fsp3) is 0.611. The van der Waals surface area contributed by atoms with Crippen LogP contribution in [0.15, 0.2) is 9.95 Å². The summed E-state index contributed by atoms with van der Waals surface area (Å²) in [6.45, 7) is 1.89. The third kappa shape index (κ3) is 3.12. The Balaban J connectivity index is 1.58. The minimum absolute atomic E-state index is 0.0234. The highest BCUT2D eigenvalue weighted by Gasteiger charge is 2.25. The molecule has 7 heteroatoms. The summed E-state index contributed by atoms with van der Waals surface area (Å²) >= 11 is 3.02. The van der Waals surface area contributed by atoms with Crippen molar-refractivity contribution in [2.45, 2.75) is 68.3 Å². The number of fused-ring (bicyclic) bond motifs is 3. The summed E-state index contributed by atoms with van der Waals surface area (Å²) in [6.07, 6.45) is 7.72. The van der Waals surface area contributed by atoms with Gasteiger partial charge in [0.25, 0.3) is 5.56 Å². The Labute approximate surface area is 155 Å². The van der Waals surface area contributed by atoms with E-state index in [1.165, 1.54) is 35.0 Å². The second kappa shape index (κ2) is 6.76. The first-order valence-corrected chi connectivity index (χ1v) is 10.7. The molecular formula is C18H23N3O2S2. The molecule has 4 rings (SSSR count). The van der Waals surface area contributed by atoms with E-state index in [-0.39, 0.29) is 16.7 Å². The smallest absolute Gasteiger partial charge is 0.262 e. The van der Waals surface area contributed by atoms with Crippen LogP contribution in [-0.2, 0) is 24.7 Å². The summed E-state index contributed by atoms with van der Waals surface area (Å²) in [7, 11) is 1.76. The van der Waals surface area contributed by atoms with E-state index >= 15 is 0 Å². The monoisotopic (exact) mass is 377 g/mol. The number of carbonyl (C=O) groups is 1. The molecule has 1 atom stereocenters. The molecule has 0 radical (unpaired) electrons. The van der Waals surface area contributed by atoms with Gasteiger partial charge in [-0.1, -0.05) is 24.6 Å². The molecule has 0 saturated heterocycles. The summed E-state index contributed by atoms with van der Waals surface area (Å²) in [5.74, 6) is 0.0416. The molecule has 0 bridgehead atoms. The number of rotatable bonds is 4. The highest BCUT2D eigenvalue weighted by molar-refractivity contribution is 8.00. The Bertz CT molecular complexity index is 881. The van der Waals surface area contributed by atoms with Crippen LogP contribution in [-0.4, -0.2) is 26.8 Å². The fourth-order valence-corrected chi connectivity index (χ4v) is 6.00. The van der Waals surface area contributed by atoms with Gasteiger partial charge in [-0.15, -0.1) is 11.3 Å². The molecule has 1 N–H and O–H groups in total. The van der Waals surface area contributed by atoms with Crippen molar-refractivity contribution in [1.82, 2.24) is 14.9 Å². The standard InChI is InChI=1S/C18H23N3O2S2/c1-10(15(22)19-11-6-3-4-7-11)24-18-20-16-14(17(23)21(18)2)12-8-5-9-13(12)25-16/h10-11H,3-9H2,1-2H3,(H,19,22)/t10-/m1/s1. The van der Waals surface area contributed by atoms with Gasteiger partial charge in [0.15, 0.2) is 5.16 Å². The van der Waals surface area contributed by atoms with Gasteiger partial charge in [0.2, 0.25) is 5.91 Å². The first-order valence-electron chi connectivity index (χ1n) is 9.03. The quantitative estimate of drug-likeness (QED) is 0.657. The number of hydrogen-bond donors (Lipinski definition) is 1. The van der Waals surface area contributed by atoms with Gasteiger partial charge < -0.3 is 5.32 Å². The maximum absolute atomic E-state index is 12.8. The van der Waals surface area contributed by atoms with Gasteiger partial charge in [-0.3, -0.25) is 14.2 Å². The summed E-state index contributed by atoms with van der Waals surface area (Å²) in [4.78, 5) is 32.1. The highest BCUT2D eigenvalue weighted by atomic mass is 32.2. The number of aryl methyl sites for hydroxylation is 2. The van der Waals surface area contributed by atoms with Gasteiger partial charge in [-0.25, -0.2) is 4.98 Å². The van der Waals surface area contributed by atoms with Crippen molar-refractivity contribution in [3.8, 4) is 0 Å². The second-order valence-corrected chi connectivity index (χ2v) is 9.44. The van der Waals surface area contributed by atoms with Gasteiger partial charge >= 0.3 is 0 Å². The van der Waals surface area contributed by atoms with Gasteiger partial charge in [-0.05, 0) is 44.6 Å². The van der Waals surface area contributed by atoms with E-state index in [2.05, 4.69) is 5.32 Å². The lowest BCUT2D eigenvalue weighted by Gasteiger charge is -2.17. The molecule has 2 heterocycles.